The SMILES string of the molecule is CCCCCCCCCCCCCCCCCC(=O)OC[C@H](COP(=O)(O)OC[C@@H](O)COP(=O)(O)OC[C@@H](COC(=O)CCCCCCCCCCCCC)OC(=O)CCCCCCCCCCCCCCC)OC(=O)CCCCCCCCCCCCCCCCC(C)C. The van der Waals surface area contributed by atoms with Crippen LogP contribution in [0.5, 0.6) is 0 Å². The van der Waals surface area contributed by atoms with E-state index in [1.54, 1.807) is 0 Å². The van der Waals surface area contributed by atoms with E-state index in [0.717, 1.165) is 95.8 Å². The Labute approximate surface area is 588 Å². The van der Waals surface area contributed by atoms with Crippen LogP contribution in [-0.4, -0.2) is 96.7 Å². The normalized spacial score (nSPS) is 13.9. The van der Waals surface area contributed by atoms with E-state index in [9.17, 15) is 43.2 Å². The van der Waals surface area contributed by atoms with Gasteiger partial charge in [-0.1, -0.05) is 356 Å². The van der Waals surface area contributed by atoms with Gasteiger partial charge >= 0.3 is 39.5 Å². The lowest BCUT2D eigenvalue weighted by atomic mass is 10.0. The van der Waals surface area contributed by atoms with Crippen molar-refractivity contribution in [1.29, 1.82) is 0 Å². The van der Waals surface area contributed by atoms with Crippen molar-refractivity contribution in [2.75, 3.05) is 39.6 Å². The Hall–Kier alpha value is -1.94. The number of rotatable bonds is 77. The van der Waals surface area contributed by atoms with Gasteiger partial charge in [0, 0.05) is 25.7 Å². The maximum absolute atomic E-state index is 13.1. The second-order valence-corrected chi connectivity index (χ2v) is 31.1. The molecule has 0 aromatic heterocycles. The zero-order valence-corrected chi connectivity index (χ0v) is 64.3. The molecule has 570 valence electrons. The minimum atomic E-state index is -4.96. The molecule has 96 heavy (non-hydrogen) atoms. The van der Waals surface area contributed by atoms with E-state index in [4.69, 9.17) is 37.0 Å². The number of unbranched alkanes of at least 4 members (excludes halogenated alkanes) is 49. The largest absolute Gasteiger partial charge is 0.472 e. The summed E-state index contributed by atoms with van der Waals surface area (Å²) in [6.07, 6.45) is 59.4. The van der Waals surface area contributed by atoms with Crippen molar-refractivity contribution in [3.63, 3.8) is 0 Å². The Balaban J connectivity index is 5.25. The number of phosphoric ester groups is 2. The van der Waals surface area contributed by atoms with Gasteiger partial charge in [-0.05, 0) is 31.6 Å². The molecule has 0 saturated carbocycles. The van der Waals surface area contributed by atoms with Crippen LogP contribution in [0.1, 0.15) is 407 Å². The fourth-order valence-corrected chi connectivity index (χ4v) is 13.5. The van der Waals surface area contributed by atoms with Crippen LogP contribution in [0, 0.1) is 5.92 Å². The van der Waals surface area contributed by atoms with Gasteiger partial charge in [0.15, 0.2) is 12.2 Å². The average molecular weight is 1410 g/mol. The molecule has 0 aliphatic rings. The molecule has 0 aliphatic heterocycles. The quantitative estimate of drug-likeness (QED) is 0.0222. The summed E-state index contributed by atoms with van der Waals surface area (Å²) in [5, 5.41) is 10.6. The first-order valence-corrected chi connectivity index (χ1v) is 43.1. The summed E-state index contributed by atoms with van der Waals surface area (Å²) in [6, 6.07) is 0. The third kappa shape index (κ3) is 70.5. The van der Waals surface area contributed by atoms with E-state index in [1.165, 1.54) is 231 Å². The smallest absolute Gasteiger partial charge is 0.462 e. The van der Waals surface area contributed by atoms with Crippen molar-refractivity contribution in [2.24, 2.45) is 5.92 Å². The molecular formula is C77H150O17P2. The van der Waals surface area contributed by atoms with Crippen molar-refractivity contribution in [3.8, 4) is 0 Å². The number of aliphatic hydroxyl groups is 1. The van der Waals surface area contributed by atoms with Gasteiger partial charge in [-0.2, -0.15) is 0 Å². The molecule has 0 aliphatic carbocycles. The molecular weight excluding hydrogens is 1260 g/mol. The molecule has 0 radical (unpaired) electrons. The van der Waals surface area contributed by atoms with Crippen LogP contribution in [0.3, 0.4) is 0 Å². The third-order valence-electron chi connectivity index (χ3n) is 18.0. The summed E-state index contributed by atoms with van der Waals surface area (Å²) < 4.78 is 68.6. The van der Waals surface area contributed by atoms with E-state index in [0.29, 0.717) is 25.7 Å². The first-order valence-electron chi connectivity index (χ1n) is 40.1. The van der Waals surface area contributed by atoms with Gasteiger partial charge in [0.2, 0.25) is 0 Å². The zero-order chi connectivity index (χ0) is 70.5. The summed E-state index contributed by atoms with van der Waals surface area (Å²) >= 11 is 0. The highest BCUT2D eigenvalue weighted by molar-refractivity contribution is 7.47. The topological polar surface area (TPSA) is 237 Å². The fraction of sp³-hybridized carbons (Fsp3) is 0.948. The van der Waals surface area contributed by atoms with E-state index < -0.39 is 97.5 Å². The van der Waals surface area contributed by atoms with Gasteiger partial charge in [-0.25, -0.2) is 9.13 Å². The number of carbonyl (C=O) groups is 4. The Morgan fingerprint density at radius 3 is 0.708 bits per heavy atom. The van der Waals surface area contributed by atoms with Gasteiger partial charge in [-0.15, -0.1) is 0 Å². The molecule has 0 heterocycles. The van der Waals surface area contributed by atoms with Crippen molar-refractivity contribution in [3.05, 3.63) is 0 Å². The van der Waals surface area contributed by atoms with Crippen LogP contribution >= 0.6 is 15.6 Å². The molecule has 0 rings (SSSR count). The average Bonchev–Trinajstić information content (AvgIpc) is 1.24. The zero-order valence-electron chi connectivity index (χ0n) is 62.5. The number of hydrogen-bond donors (Lipinski definition) is 3. The van der Waals surface area contributed by atoms with Crippen molar-refractivity contribution >= 4 is 39.5 Å². The molecule has 19 heteroatoms. The van der Waals surface area contributed by atoms with Crippen LogP contribution in [0.15, 0.2) is 0 Å². The summed E-state index contributed by atoms with van der Waals surface area (Å²) in [5.74, 6) is -1.31. The fourth-order valence-electron chi connectivity index (χ4n) is 11.9. The molecule has 0 bridgehead atoms. The van der Waals surface area contributed by atoms with Gasteiger partial charge in [0.25, 0.3) is 0 Å². The van der Waals surface area contributed by atoms with Crippen molar-refractivity contribution < 1.29 is 80.2 Å². The first-order chi connectivity index (χ1) is 46.5. The number of ether oxygens (including phenoxy) is 4. The maximum Gasteiger partial charge on any atom is 0.472 e. The number of phosphoric acid groups is 2. The second-order valence-electron chi connectivity index (χ2n) is 28.2. The van der Waals surface area contributed by atoms with Gasteiger partial charge in [0.1, 0.15) is 19.3 Å². The molecule has 2 unspecified atom stereocenters. The van der Waals surface area contributed by atoms with E-state index >= 15 is 0 Å². The standard InChI is InChI=1S/C77H150O17P2/c1-6-9-12-15-18-21-24-26-27-32-36-41-46-51-56-61-75(80)88-67-73(94-77(82)63-58-53-48-43-38-33-29-28-31-35-39-44-49-54-59-70(4)5)69-92-96(85,86)90-65-71(78)64-89-95(83,84)91-68-72(66-87-74(79)60-55-50-45-40-34-23-20-17-14-11-8-3)93-76(81)62-57-52-47-42-37-30-25-22-19-16-13-10-7-2/h70-73,78H,6-69H2,1-5H3,(H,83,84)(H,85,86)/t71-,72+,73+/m0/s1. The Morgan fingerprint density at radius 2 is 0.479 bits per heavy atom. The lowest BCUT2D eigenvalue weighted by Gasteiger charge is -2.21. The minimum absolute atomic E-state index is 0.108. The van der Waals surface area contributed by atoms with Crippen molar-refractivity contribution in [2.45, 2.75) is 425 Å². The molecule has 5 atom stereocenters. The van der Waals surface area contributed by atoms with Crippen LogP contribution < -0.4 is 0 Å². The minimum Gasteiger partial charge on any atom is -0.462 e. The summed E-state index contributed by atoms with van der Waals surface area (Å²) in [7, 11) is -9.91. The lowest BCUT2D eigenvalue weighted by molar-refractivity contribution is -0.161. The number of esters is 4. The molecule has 17 nitrogen and oxygen atoms in total. The van der Waals surface area contributed by atoms with Gasteiger partial charge < -0.3 is 33.8 Å². The number of aliphatic hydroxyl groups excluding tert-OH is 1. The third-order valence-corrected chi connectivity index (χ3v) is 19.9. The highest BCUT2D eigenvalue weighted by Crippen LogP contribution is 2.45. The molecule has 0 amide bonds. The van der Waals surface area contributed by atoms with Gasteiger partial charge in [0.05, 0.1) is 26.4 Å². The Kier molecular flexibility index (Phi) is 68.7. The number of hydrogen-bond acceptors (Lipinski definition) is 15. The predicted octanol–water partition coefficient (Wildman–Crippen LogP) is 22.9. The summed E-state index contributed by atoms with van der Waals surface area (Å²) in [5.41, 5.74) is 0. The maximum atomic E-state index is 13.1. The van der Waals surface area contributed by atoms with Crippen LogP contribution in [-0.2, 0) is 65.4 Å². The Morgan fingerprint density at radius 1 is 0.281 bits per heavy atom. The molecule has 0 saturated heterocycles. The predicted molar refractivity (Wildman–Crippen MR) is 391 cm³/mol. The highest BCUT2D eigenvalue weighted by Gasteiger charge is 2.30. The molecule has 0 fully saturated rings. The Bertz CT molecular complexity index is 1840. The van der Waals surface area contributed by atoms with Crippen LogP contribution in [0.2, 0.25) is 0 Å². The first kappa shape index (κ1) is 94.1. The highest BCUT2D eigenvalue weighted by atomic mass is 31.2. The summed E-state index contributed by atoms with van der Waals surface area (Å²) in [4.78, 5) is 72.9. The van der Waals surface area contributed by atoms with Crippen molar-refractivity contribution in [1.82, 2.24) is 0 Å². The lowest BCUT2D eigenvalue weighted by Crippen LogP contribution is -2.30. The van der Waals surface area contributed by atoms with E-state index in [1.807, 2.05) is 0 Å². The molecule has 0 aromatic rings. The van der Waals surface area contributed by atoms with E-state index in [-0.39, 0.29) is 25.7 Å². The molecule has 0 spiro atoms. The van der Waals surface area contributed by atoms with Crippen LogP contribution in [0.4, 0.5) is 0 Å². The van der Waals surface area contributed by atoms with Crippen LogP contribution in [0.25, 0.3) is 0 Å². The van der Waals surface area contributed by atoms with Gasteiger partial charge in [-0.3, -0.25) is 37.3 Å². The monoisotopic (exact) mass is 1410 g/mol. The van der Waals surface area contributed by atoms with E-state index in [2.05, 4.69) is 34.6 Å². The molecule has 0 aromatic carbocycles. The number of carbonyl (C=O) groups excluding carboxylic acids is 4. The molecule has 3 N–H and O–H groups in total. The second kappa shape index (κ2) is 70.1. The summed E-state index contributed by atoms with van der Waals surface area (Å²) in [6.45, 7) is 7.33.